The molecule has 0 atom stereocenters. The first-order valence-corrected chi connectivity index (χ1v) is 6.00. The summed E-state index contributed by atoms with van der Waals surface area (Å²) in [7, 11) is 0. The van der Waals surface area contributed by atoms with Crippen LogP contribution in [0.4, 0.5) is 0 Å². The first kappa shape index (κ1) is 12.2. The van der Waals surface area contributed by atoms with E-state index >= 15 is 0 Å². The molecule has 0 bridgehead atoms. The molecule has 0 aliphatic carbocycles. The van der Waals surface area contributed by atoms with Crippen LogP contribution >= 0.6 is 11.3 Å². The van der Waals surface area contributed by atoms with Crippen LogP contribution in [-0.2, 0) is 21.4 Å². The Morgan fingerprint density at radius 1 is 1.40 bits per heavy atom. The van der Waals surface area contributed by atoms with Gasteiger partial charge in [0.1, 0.15) is 0 Å². The smallest absolute Gasteiger partial charge is 0.311 e. The van der Waals surface area contributed by atoms with E-state index in [4.69, 9.17) is 4.74 Å². The summed E-state index contributed by atoms with van der Waals surface area (Å²) in [5.74, 6) is -0.139. The number of hydrogen-bond donors (Lipinski definition) is 0. The number of esters is 1. The van der Waals surface area contributed by atoms with Crippen LogP contribution in [0, 0.1) is 0 Å². The molecule has 2 nitrogen and oxygen atoms in total. The average molecular weight is 226 g/mol. The summed E-state index contributed by atoms with van der Waals surface area (Å²) in [5.41, 5.74) is 0.164. The van der Waals surface area contributed by atoms with Gasteiger partial charge in [-0.25, -0.2) is 0 Å². The molecule has 0 unspecified atom stereocenters. The zero-order valence-electron chi connectivity index (χ0n) is 9.79. The van der Waals surface area contributed by atoms with Crippen molar-refractivity contribution in [1.29, 1.82) is 0 Å². The first-order chi connectivity index (χ1) is 6.93. The molecule has 1 aromatic rings. The Morgan fingerprint density at radius 2 is 2.07 bits per heavy atom. The monoisotopic (exact) mass is 226 g/mol. The zero-order valence-corrected chi connectivity index (χ0v) is 10.6. The van der Waals surface area contributed by atoms with Gasteiger partial charge in [-0.1, -0.05) is 20.8 Å². The Kier molecular flexibility index (Phi) is 3.91. The van der Waals surface area contributed by atoms with Gasteiger partial charge in [-0.05, 0) is 24.5 Å². The molecule has 3 heteroatoms. The minimum atomic E-state index is -0.139. The molecule has 1 rings (SSSR count). The summed E-state index contributed by atoms with van der Waals surface area (Å²) < 4.78 is 4.91. The molecule has 0 aromatic carbocycles. The Morgan fingerprint density at radius 3 is 2.53 bits per heavy atom. The van der Waals surface area contributed by atoms with Crippen LogP contribution in [0.15, 0.2) is 12.1 Å². The minimum Gasteiger partial charge on any atom is -0.466 e. The van der Waals surface area contributed by atoms with Crippen molar-refractivity contribution >= 4 is 17.3 Å². The summed E-state index contributed by atoms with van der Waals surface area (Å²) in [6.07, 6.45) is 0.397. The SMILES string of the molecule is CCOC(=O)Cc1ccc(C(C)(C)C)s1. The molecule has 0 amide bonds. The lowest BCUT2D eigenvalue weighted by Crippen LogP contribution is -2.08. The summed E-state index contributed by atoms with van der Waals surface area (Å²) >= 11 is 1.69. The molecular weight excluding hydrogens is 208 g/mol. The highest BCUT2D eigenvalue weighted by Crippen LogP contribution is 2.29. The molecule has 0 radical (unpaired) electrons. The highest BCUT2D eigenvalue weighted by molar-refractivity contribution is 7.12. The molecule has 0 fully saturated rings. The van der Waals surface area contributed by atoms with Crippen molar-refractivity contribution in [1.82, 2.24) is 0 Å². The van der Waals surface area contributed by atoms with Crippen LogP contribution in [0.1, 0.15) is 37.4 Å². The van der Waals surface area contributed by atoms with Crippen LogP contribution in [0.2, 0.25) is 0 Å². The first-order valence-electron chi connectivity index (χ1n) is 5.18. The minimum absolute atomic E-state index is 0.139. The van der Waals surface area contributed by atoms with Gasteiger partial charge >= 0.3 is 5.97 Å². The molecule has 1 aromatic heterocycles. The van der Waals surface area contributed by atoms with E-state index in [0.29, 0.717) is 13.0 Å². The summed E-state index contributed by atoms with van der Waals surface area (Å²) in [4.78, 5) is 13.6. The Hall–Kier alpha value is -0.830. The molecule has 84 valence electrons. The molecule has 0 saturated heterocycles. The standard InChI is InChI=1S/C12H18O2S/c1-5-14-11(13)8-9-6-7-10(15-9)12(2,3)4/h6-7H,5,8H2,1-4H3. The maximum Gasteiger partial charge on any atom is 0.311 e. The van der Waals surface area contributed by atoms with E-state index in [0.717, 1.165) is 4.88 Å². The van der Waals surface area contributed by atoms with E-state index in [1.165, 1.54) is 4.88 Å². The van der Waals surface area contributed by atoms with Crippen LogP contribution < -0.4 is 0 Å². The van der Waals surface area contributed by atoms with Gasteiger partial charge in [-0.15, -0.1) is 11.3 Å². The molecule has 0 spiro atoms. The molecule has 15 heavy (non-hydrogen) atoms. The molecular formula is C12H18O2S. The van der Waals surface area contributed by atoms with Crippen molar-refractivity contribution in [3.63, 3.8) is 0 Å². The third kappa shape index (κ3) is 3.67. The van der Waals surface area contributed by atoms with Gasteiger partial charge in [0.25, 0.3) is 0 Å². The predicted molar refractivity (Wildman–Crippen MR) is 63.4 cm³/mol. The fourth-order valence-electron chi connectivity index (χ4n) is 1.23. The zero-order chi connectivity index (χ0) is 11.5. The lowest BCUT2D eigenvalue weighted by atomic mass is 9.95. The van der Waals surface area contributed by atoms with Gasteiger partial charge in [0, 0.05) is 9.75 Å². The van der Waals surface area contributed by atoms with Crippen LogP contribution in [0.25, 0.3) is 0 Å². The number of thiophene rings is 1. The maximum atomic E-state index is 11.3. The molecule has 1 heterocycles. The average Bonchev–Trinajstić information content (AvgIpc) is 2.52. The van der Waals surface area contributed by atoms with E-state index in [2.05, 4.69) is 26.8 Å². The van der Waals surface area contributed by atoms with E-state index in [1.54, 1.807) is 11.3 Å². The van der Waals surface area contributed by atoms with Crippen molar-refractivity contribution in [3.05, 3.63) is 21.9 Å². The highest BCUT2D eigenvalue weighted by Gasteiger charge is 2.16. The third-order valence-corrected chi connectivity index (χ3v) is 3.54. The van der Waals surface area contributed by atoms with Crippen LogP contribution in [0.3, 0.4) is 0 Å². The second kappa shape index (κ2) is 4.79. The molecule has 0 aliphatic heterocycles. The van der Waals surface area contributed by atoms with Crippen molar-refractivity contribution in [2.75, 3.05) is 6.61 Å². The van der Waals surface area contributed by atoms with Gasteiger partial charge in [0.15, 0.2) is 0 Å². The van der Waals surface area contributed by atoms with Gasteiger partial charge in [0.2, 0.25) is 0 Å². The predicted octanol–water partition coefficient (Wildman–Crippen LogP) is 3.15. The van der Waals surface area contributed by atoms with Crippen LogP contribution in [-0.4, -0.2) is 12.6 Å². The Bertz CT molecular complexity index is 334. The van der Waals surface area contributed by atoms with E-state index in [-0.39, 0.29) is 11.4 Å². The number of carbonyl (C=O) groups is 1. The molecule has 0 N–H and O–H groups in total. The Balaban J connectivity index is 2.65. The highest BCUT2D eigenvalue weighted by atomic mass is 32.1. The number of hydrogen-bond acceptors (Lipinski definition) is 3. The van der Waals surface area contributed by atoms with E-state index < -0.39 is 0 Å². The second-order valence-corrected chi connectivity index (χ2v) is 5.67. The van der Waals surface area contributed by atoms with E-state index in [9.17, 15) is 4.79 Å². The van der Waals surface area contributed by atoms with Crippen molar-refractivity contribution in [2.45, 2.75) is 39.5 Å². The van der Waals surface area contributed by atoms with Crippen molar-refractivity contribution in [3.8, 4) is 0 Å². The lowest BCUT2D eigenvalue weighted by molar-refractivity contribution is -0.142. The van der Waals surface area contributed by atoms with Crippen LogP contribution in [0.5, 0.6) is 0 Å². The van der Waals surface area contributed by atoms with Gasteiger partial charge in [-0.2, -0.15) is 0 Å². The lowest BCUT2D eigenvalue weighted by Gasteiger charge is -2.15. The van der Waals surface area contributed by atoms with Crippen molar-refractivity contribution in [2.24, 2.45) is 0 Å². The number of carbonyl (C=O) groups excluding carboxylic acids is 1. The van der Waals surface area contributed by atoms with Gasteiger partial charge < -0.3 is 4.74 Å². The number of rotatable bonds is 3. The maximum absolute atomic E-state index is 11.3. The summed E-state index contributed by atoms with van der Waals surface area (Å²) in [5, 5.41) is 0. The molecule has 0 saturated carbocycles. The van der Waals surface area contributed by atoms with Gasteiger partial charge in [0.05, 0.1) is 13.0 Å². The topological polar surface area (TPSA) is 26.3 Å². The Labute approximate surface area is 95.3 Å². The fourth-order valence-corrected chi connectivity index (χ4v) is 2.28. The fraction of sp³-hybridized carbons (Fsp3) is 0.583. The van der Waals surface area contributed by atoms with Crippen molar-refractivity contribution < 1.29 is 9.53 Å². The normalized spacial score (nSPS) is 11.5. The quantitative estimate of drug-likeness (QED) is 0.740. The largest absolute Gasteiger partial charge is 0.466 e. The summed E-state index contributed by atoms with van der Waals surface area (Å²) in [6.45, 7) is 8.80. The van der Waals surface area contributed by atoms with E-state index in [1.807, 2.05) is 13.0 Å². The van der Waals surface area contributed by atoms with Gasteiger partial charge in [-0.3, -0.25) is 4.79 Å². The molecule has 0 aliphatic rings. The number of ether oxygens (including phenoxy) is 1. The third-order valence-electron chi connectivity index (χ3n) is 2.02. The second-order valence-electron chi connectivity index (χ2n) is 4.50. The summed E-state index contributed by atoms with van der Waals surface area (Å²) in [6, 6.07) is 4.11.